The fourth-order valence-corrected chi connectivity index (χ4v) is 2.97. The highest BCUT2D eigenvalue weighted by molar-refractivity contribution is 5.97. The van der Waals surface area contributed by atoms with E-state index in [1.165, 1.54) is 4.68 Å². The second-order valence-corrected chi connectivity index (χ2v) is 6.97. The van der Waals surface area contributed by atoms with Crippen LogP contribution in [0.4, 0.5) is 11.6 Å². The number of hydrogen-bond donors (Lipinski definition) is 1. The van der Waals surface area contributed by atoms with Gasteiger partial charge in [0.25, 0.3) is 5.91 Å². The van der Waals surface area contributed by atoms with E-state index >= 15 is 0 Å². The minimum absolute atomic E-state index is 0.259. The van der Waals surface area contributed by atoms with Crippen LogP contribution in [-0.2, 0) is 6.54 Å². The molecule has 0 atom stereocenters. The van der Waals surface area contributed by atoms with E-state index in [0.29, 0.717) is 29.6 Å². The molecular weight excluding hydrogens is 376 g/mol. The molecule has 30 heavy (non-hydrogen) atoms. The molecule has 0 amide bonds. The van der Waals surface area contributed by atoms with Gasteiger partial charge in [-0.25, -0.2) is 0 Å². The SMILES string of the molecule is CN(C)c1ccc(C(=O)n2nc(-c3ccccn3)nc2NCc2ccccc2)cc1. The Bertz CT molecular complexity index is 1120. The predicted molar refractivity (Wildman–Crippen MR) is 118 cm³/mol. The lowest BCUT2D eigenvalue weighted by Crippen LogP contribution is -2.18. The summed E-state index contributed by atoms with van der Waals surface area (Å²) in [5, 5.41) is 7.68. The van der Waals surface area contributed by atoms with Crippen LogP contribution < -0.4 is 10.2 Å². The van der Waals surface area contributed by atoms with Gasteiger partial charge in [-0.15, -0.1) is 5.10 Å². The lowest BCUT2D eigenvalue weighted by Gasteiger charge is -2.12. The number of carbonyl (C=O) groups excluding carboxylic acids is 1. The maximum Gasteiger partial charge on any atom is 0.281 e. The smallest absolute Gasteiger partial charge is 0.281 e. The minimum Gasteiger partial charge on any atom is -0.378 e. The third-order valence-corrected chi connectivity index (χ3v) is 4.62. The maximum absolute atomic E-state index is 13.2. The summed E-state index contributed by atoms with van der Waals surface area (Å²) in [7, 11) is 3.91. The van der Waals surface area contributed by atoms with E-state index in [1.807, 2.05) is 79.7 Å². The summed E-state index contributed by atoms with van der Waals surface area (Å²) < 4.78 is 1.30. The van der Waals surface area contributed by atoms with E-state index in [1.54, 1.807) is 18.3 Å². The van der Waals surface area contributed by atoms with Gasteiger partial charge in [0.05, 0.1) is 0 Å². The molecule has 150 valence electrons. The average Bonchev–Trinajstić information content (AvgIpc) is 3.23. The van der Waals surface area contributed by atoms with E-state index in [-0.39, 0.29) is 5.91 Å². The molecule has 0 bridgehead atoms. The molecule has 2 heterocycles. The molecule has 0 aliphatic rings. The van der Waals surface area contributed by atoms with Gasteiger partial charge in [0, 0.05) is 38.1 Å². The van der Waals surface area contributed by atoms with Crippen molar-refractivity contribution in [2.75, 3.05) is 24.3 Å². The zero-order chi connectivity index (χ0) is 20.9. The van der Waals surface area contributed by atoms with Crippen LogP contribution in [-0.4, -0.2) is 39.8 Å². The highest BCUT2D eigenvalue weighted by Crippen LogP contribution is 2.19. The van der Waals surface area contributed by atoms with Gasteiger partial charge in [0.15, 0.2) is 0 Å². The zero-order valence-corrected chi connectivity index (χ0v) is 16.9. The summed E-state index contributed by atoms with van der Waals surface area (Å²) in [4.78, 5) is 24.0. The Labute approximate surface area is 175 Å². The molecule has 0 fully saturated rings. The second kappa shape index (κ2) is 8.57. The van der Waals surface area contributed by atoms with Crippen molar-refractivity contribution in [1.82, 2.24) is 19.7 Å². The largest absolute Gasteiger partial charge is 0.378 e. The van der Waals surface area contributed by atoms with Gasteiger partial charge in [0.2, 0.25) is 11.8 Å². The number of anilines is 2. The summed E-state index contributed by atoms with van der Waals surface area (Å²) in [6, 6.07) is 22.8. The molecule has 0 unspecified atom stereocenters. The molecule has 0 spiro atoms. The molecule has 2 aromatic carbocycles. The normalized spacial score (nSPS) is 10.6. The first-order valence-electron chi connectivity index (χ1n) is 9.60. The monoisotopic (exact) mass is 398 g/mol. The van der Waals surface area contributed by atoms with Crippen molar-refractivity contribution >= 4 is 17.5 Å². The molecule has 2 aromatic heterocycles. The Morgan fingerprint density at radius 1 is 0.967 bits per heavy atom. The Balaban J connectivity index is 1.67. The summed E-state index contributed by atoms with van der Waals surface area (Å²) in [5.41, 5.74) is 3.23. The third-order valence-electron chi connectivity index (χ3n) is 4.62. The van der Waals surface area contributed by atoms with Gasteiger partial charge in [-0.05, 0) is 42.0 Å². The van der Waals surface area contributed by atoms with Crippen molar-refractivity contribution in [1.29, 1.82) is 0 Å². The van der Waals surface area contributed by atoms with E-state index < -0.39 is 0 Å². The second-order valence-electron chi connectivity index (χ2n) is 6.97. The van der Waals surface area contributed by atoms with Crippen LogP contribution in [0.2, 0.25) is 0 Å². The number of aromatic nitrogens is 4. The van der Waals surface area contributed by atoms with Crippen molar-refractivity contribution < 1.29 is 4.79 Å². The van der Waals surface area contributed by atoms with Crippen LogP contribution in [0, 0.1) is 0 Å². The molecule has 4 rings (SSSR count). The summed E-state index contributed by atoms with van der Waals surface area (Å²) in [6.07, 6.45) is 1.68. The van der Waals surface area contributed by atoms with Crippen LogP contribution in [0.25, 0.3) is 11.5 Å². The number of benzene rings is 2. The number of carbonyl (C=O) groups is 1. The average molecular weight is 398 g/mol. The quantitative estimate of drug-likeness (QED) is 0.534. The first-order chi connectivity index (χ1) is 14.6. The number of pyridine rings is 1. The summed E-state index contributed by atoms with van der Waals surface area (Å²) >= 11 is 0. The summed E-state index contributed by atoms with van der Waals surface area (Å²) in [5.74, 6) is 0.510. The van der Waals surface area contributed by atoms with E-state index in [9.17, 15) is 4.79 Å². The number of rotatable bonds is 6. The molecule has 7 heteroatoms. The van der Waals surface area contributed by atoms with Gasteiger partial charge in [0.1, 0.15) is 5.69 Å². The van der Waals surface area contributed by atoms with Crippen LogP contribution in [0.3, 0.4) is 0 Å². The fourth-order valence-electron chi connectivity index (χ4n) is 2.97. The lowest BCUT2D eigenvalue weighted by atomic mass is 10.2. The van der Waals surface area contributed by atoms with Gasteiger partial charge >= 0.3 is 0 Å². The summed E-state index contributed by atoms with van der Waals surface area (Å²) in [6.45, 7) is 0.522. The van der Waals surface area contributed by atoms with Gasteiger partial charge < -0.3 is 10.2 Å². The van der Waals surface area contributed by atoms with Crippen molar-refractivity contribution in [2.24, 2.45) is 0 Å². The molecule has 0 aliphatic carbocycles. The molecule has 0 aliphatic heterocycles. The van der Waals surface area contributed by atoms with E-state index in [0.717, 1.165) is 11.3 Å². The zero-order valence-electron chi connectivity index (χ0n) is 16.9. The van der Waals surface area contributed by atoms with Crippen molar-refractivity contribution in [2.45, 2.75) is 6.54 Å². The Hall–Kier alpha value is -4.00. The Kier molecular flexibility index (Phi) is 5.52. The van der Waals surface area contributed by atoms with E-state index in [4.69, 9.17) is 0 Å². The standard InChI is InChI=1S/C23H22N6O/c1-28(2)19-13-11-18(12-14-19)22(30)29-23(25-16-17-8-4-3-5-9-17)26-21(27-29)20-10-6-7-15-24-20/h3-15H,16H2,1-2H3,(H,25,26,27). The highest BCUT2D eigenvalue weighted by atomic mass is 16.2. The molecule has 0 saturated heterocycles. The molecule has 1 N–H and O–H groups in total. The third kappa shape index (κ3) is 4.20. The maximum atomic E-state index is 13.2. The van der Waals surface area contributed by atoms with E-state index in [2.05, 4.69) is 20.4 Å². The van der Waals surface area contributed by atoms with Crippen molar-refractivity contribution in [3.05, 3.63) is 90.1 Å². The van der Waals surface area contributed by atoms with Gasteiger partial charge in [-0.3, -0.25) is 9.78 Å². The van der Waals surface area contributed by atoms with Crippen molar-refractivity contribution in [3.8, 4) is 11.5 Å². The highest BCUT2D eigenvalue weighted by Gasteiger charge is 2.19. The molecule has 7 nitrogen and oxygen atoms in total. The topological polar surface area (TPSA) is 75.9 Å². The van der Waals surface area contributed by atoms with Gasteiger partial charge in [-0.2, -0.15) is 9.67 Å². The molecule has 4 aromatic rings. The van der Waals surface area contributed by atoms with Crippen LogP contribution in [0.1, 0.15) is 15.9 Å². The Morgan fingerprint density at radius 3 is 2.37 bits per heavy atom. The molecule has 0 saturated carbocycles. The lowest BCUT2D eigenvalue weighted by molar-refractivity contribution is 0.0947. The number of nitrogens with zero attached hydrogens (tertiary/aromatic N) is 5. The first kappa shape index (κ1) is 19.3. The van der Waals surface area contributed by atoms with Crippen LogP contribution >= 0.6 is 0 Å². The molecule has 0 radical (unpaired) electrons. The van der Waals surface area contributed by atoms with Gasteiger partial charge in [-0.1, -0.05) is 36.4 Å². The van der Waals surface area contributed by atoms with Crippen LogP contribution in [0.15, 0.2) is 79.0 Å². The first-order valence-corrected chi connectivity index (χ1v) is 9.60. The number of hydrogen-bond acceptors (Lipinski definition) is 6. The Morgan fingerprint density at radius 2 is 1.70 bits per heavy atom. The number of nitrogens with one attached hydrogen (secondary N) is 1. The van der Waals surface area contributed by atoms with Crippen LogP contribution in [0.5, 0.6) is 0 Å². The predicted octanol–water partition coefficient (Wildman–Crippen LogP) is 3.71. The van der Waals surface area contributed by atoms with Crippen molar-refractivity contribution in [3.63, 3.8) is 0 Å². The molecular formula is C23H22N6O. The fraction of sp³-hybridized carbons (Fsp3) is 0.130. The minimum atomic E-state index is -0.259.